The molecule has 0 aliphatic rings. The fraction of sp³-hybridized carbons (Fsp3) is 0.200. The smallest absolute Gasteiger partial charge is 0.329 e. The monoisotopic (exact) mass is 192 g/mol. The van der Waals surface area contributed by atoms with Gasteiger partial charge in [-0.15, -0.1) is 0 Å². The molecule has 0 spiro atoms. The molecule has 1 heterocycles. The van der Waals surface area contributed by atoms with Crippen molar-refractivity contribution >= 4 is 5.97 Å². The molecule has 0 amide bonds. The number of pyridine rings is 1. The fourth-order valence-corrected chi connectivity index (χ4v) is 0.992. The van der Waals surface area contributed by atoms with Gasteiger partial charge in [-0.2, -0.15) is 0 Å². The minimum Gasteiger partial charge on any atom is -0.478 e. The molecule has 0 aliphatic carbocycles. The highest BCUT2D eigenvalue weighted by atomic mass is 16.4. The number of hydrogen-bond donors (Lipinski definition) is 2. The summed E-state index contributed by atoms with van der Waals surface area (Å²) in [7, 11) is 0. The van der Waals surface area contributed by atoms with E-state index in [4.69, 9.17) is 5.11 Å². The van der Waals surface area contributed by atoms with Crippen LogP contribution >= 0.6 is 0 Å². The number of hydrogen-bond acceptors (Lipinski definition) is 3. The third kappa shape index (κ3) is 3.26. The van der Waals surface area contributed by atoms with E-state index >= 15 is 0 Å². The summed E-state index contributed by atoms with van der Waals surface area (Å²) in [5.41, 5.74) is 1.02. The Labute approximate surface area is 82.3 Å². The third-order valence-corrected chi connectivity index (χ3v) is 1.76. The molecule has 74 valence electrons. The van der Waals surface area contributed by atoms with Crippen LogP contribution in [-0.4, -0.2) is 16.1 Å². The molecule has 0 fully saturated rings. The number of nitrogens with zero attached hydrogens (tertiary/aromatic N) is 1. The van der Waals surface area contributed by atoms with Crippen LogP contribution in [0.3, 0.4) is 0 Å². The number of carboxylic acid groups (broad SMARTS) is 1. The molecule has 0 bridgehead atoms. The standard InChI is InChI=1S/C10H12N2O2/c1-8(12-6-4-10(13)14)9-3-2-5-11-7-9/h2-8,12H,1H3,(H,13,14)/b6-4+/t8-/m0/s1. The molecule has 0 saturated heterocycles. The van der Waals surface area contributed by atoms with Crippen LogP contribution in [0, 0.1) is 0 Å². The van der Waals surface area contributed by atoms with Gasteiger partial charge in [0.25, 0.3) is 0 Å². The van der Waals surface area contributed by atoms with E-state index in [1.165, 1.54) is 6.20 Å². The maximum atomic E-state index is 10.2. The minimum absolute atomic E-state index is 0.0549. The number of carboxylic acids is 1. The van der Waals surface area contributed by atoms with Gasteiger partial charge in [0.1, 0.15) is 0 Å². The Hall–Kier alpha value is -1.84. The maximum Gasteiger partial charge on any atom is 0.329 e. The van der Waals surface area contributed by atoms with E-state index in [1.54, 1.807) is 12.4 Å². The van der Waals surface area contributed by atoms with Crippen molar-refractivity contribution in [2.75, 3.05) is 0 Å². The molecular weight excluding hydrogens is 180 g/mol. The zero-order chi connectivity index (χ0) is 10.4. The molecule has 0 aliphatic heterocycles. The number of aliphatic carboxylic acids is 1. The van der Waals surface area contributed by atoms with Gasteiger partial charge in [0, 0.05) is 30.7 Å². The first-order valence-electron chi connectivity index (χ1n) is 4.25. The molecule has 0 aromatic carbocycles. The highest BCUT2D eigenvalue weighted by molar-refractivity contribution is 5.79. The predicted molar refractivity (Wildman–Crippen MR) is 52.6 cm³/mol. The summed E-state index contributed by atoms with van der Waals surface area (Å²) in [6.07, 6.45) is 5.92. The summed E-state index contributed by atoms with van der Waals surface area (Å²) in [6, 6.07) is 3.83. The van der Waals surface area contributed by atoms with E-state index in [0.29, 0.717) is 0 Å². The molecule has 1 atom stereocenters. The molecule has 0 unspecified atom stereocenters. The Kier molecular flexibility index (Phi) is 3.67. The van der Waals surface area contributed by atoms with Gasteiger partial charge in [0.05, 0.1) is 0 Å². The van der Waals surface area contributed by atoms with Crippen LogP contribution in [0.4, 0.5) is 0 Å². The zero-order valence-electron chi connectivity index (χ0n) is 7.84. The number of aromatic nitrogens is 1. The zero-order valence-corrected chi connectivity index (χ0v) is 7.84. The van der Waals surface area contributed by atoms with E-state index in [9.17, 15) is 4.79 Å². The third-order valence-electron chi connectivity index (χ3n) is 1.76. The molecular formula is C10H12N2O2. The Morgan fingerprint density at radius 1 is 1.71 bits per heavy atom. The maximum absolute atomic E-state index is 10.2. The van der Waals surface area contributed by atoms with Crippen molar-refractivity contribution in [3.8, 4) is 0 Å². The van der Waals surface area contributed by atoms with Crippen LogP contribution < -0.4 is 5.32 Å². The second kappa shape index (κ2) is 5.01. The highest BCUT2D eigenvalue weighted by Crippen LogP contribution is 2.08. The molecule has 0 radical (unpaired) electrons. The van der Waals surface area contributed by atoms with Crippen LogP contribution in [0.5, 0.6) is 0 Å². The van der Waals surface area contributed by atoms with E-state index in [0.717, 1.165) is 11.6 Å². The van der Waals surface area contributed by atoms with Crippen molar-refractivity contribution in [3.63, 3.8) is 0 Å². The summed E-state index contributed by atoms with van der Waals surface area (Å²) < 4.78 is 0. The first-order valence-corrected chi connectivity index (χ1v) is 4.25. The Morgan fingerprint density at radius 3 is 3.07 bits per heavy atom. The summed E-state index contributed by atoms with van der Waals surface area (Å²) in [6.45, 7) is 1.93. The van der Waals surface area contributed by atoms with E-state index in [1.807, 2.05) is 19.1 Å². The summed E-state index contributed by atoms with van der Waals surface area (Å²) in [5, 5.41) is 11.3. The Morgan fingerprint density at radius 2 is 2.50 bits per heavy atom. The van der Waals surface area contributed by atoms with Gasteiger partial charge in [-0.25, -0.2) is 4.79 Å². The van der Waals surface area contributed by atoms with Crippen LogP contribution in [0.15, 0.2) is 36.8 Å². The SMILES string of the molecule is C[C@H](N/C=C/C(=O)O)c1cccnc1. The summed E-state index contributed by atoms with van der Waals surface area (Å²) in [5.74, 6) is -0.962. The van der Waals surface area contributed by atoms with E-state index in [2.05, 4.69) is 10.3 Å². The fourth-order valence-electron chi connectivity index (χ4n) is 0.992. The van der Waals surface area contributed by atoms with Crippen molar-refractivity contribution < 1.29 is 9.90 Å². The normalized spacial score (nSPS) is 12.6. The average Bonchev–Trinajstić information content (AvgIpc) is 2.18. The highest BCUT2D eigenvalue weighted by Gasteiger charge is 2.00. The first-order chi connectivity index (χ1) is 6.70. The van der Waals surface area contributed by atoms with Gasteiger partial charge in [-0.1, -0.05) is 6.07 Å². The lowest BCUT2D eigenvalue weighted by Crippen LogP contribution is -2.12. The van der Waals surface area contributed by atoms with Crippen molar-refractivity contribution in [1.82, 2.24) is 10.3 Å². The average molecular weight is 192 g/mol. The van der Waals surface area contributed by atoms with Crippen LogP contribution in [0.25, 0.3) is 0 Å². The number of nitrogens with one attached hydrogen (secondary N) is 1. The van der Waals surface area contributed by atoms with Crippen molar-refractivity contribution in [1.29, 1.82) is 0 Å². The molecule has 0 saturated carbocycles. The molecule has 4 heteroatoms. The predicted octanol–water partition coefficient (Wildman–Crippen LogP) is 1.33. The van der Waals surface area contributed by atoms with Crippen LogP contribution in [-0.2, 0) is 4.79 Å². The van der Waals surface area contributed by atoms with Gasteiger partial charge in [-0.3, -0.25) is 4.98 Å². The van der Waals surface area contributed by atoms with Gasteiger partial charge >= 0.3 is 5.97 Å². The van der Waals surface area contributed by atoms with Gasteiger partial charge < -0.3 is 10.4 Å². The van der Waals surface area contributed by atoms with Gasteiger partial charge in [0.15, 0.2) is 0 Å². The van der Waals surface area contributed by atoms with E-state index in [-0.39, 0.29) is 6.04 Å². The van der Waals surface area contributed by atoms with E-state index < -0.39 is 5.97 Å². The number of carbonyl (C=O) groups is 1. The van der Waals surface area contributed by atoms with Gasteiger partial charge in [-0.05, 0) is 18.6 Å². The topological polar surface area (TPSA) is 62.2 Å². The molecule has 1 aromatic heterocycles. The molecule has 1 aromatic rings. The van der Waals surface area contributed by atoms with Crippen LogP contribution in [0.2, 0.25) is 0 Å². The van der Waals surface area contributed by atoms with Crippen molar-refractivity contribution in [2.24, 2.45) is 0 Å². The lowest BCUT2D eigenvalue weighted by Gasteiger charge is -2.10. The number of rotatable bonds is 4. The summed E-state index contributed by atoms with van der Waals surface area (Å²) in [4.78, 5) is 14.1. The summed E-state index contributed by atoms with van der Waals surface area (Å²) >= 11 is 0. The molecule has 2 N–H and O–H groups in total. The Balaban J connectivity index is 2.51. The molecule has 4 nitrogen and oxygen atoms in total. The lowest BCUT2D eigenvalue weighted by atomic mass is 10.1. The van der Waals surface area contributed by atoms with Crippen molar-refractivity contribution in [3.05, 3.63) is 42.4 Å². The quantitative estimate of drug-likeness (QED) is 0.706. The molecule has 1 rings (SSSR count). The molecule has 14 heavy (non-hydrogen) atoms. The minimum atomic E-state index is -0.962. The first kappa shape index (κ1) is 10.2. The second-order valence-corrected chi connectivity index (χ2v) is 2.85. The second-order valence-electron chi connectivity index (χ2n) is 2.85. The largest absolute Gasteiger partial charge is 0.478 e. The van der Waals surface area contributed by atoms with Crippen molar-refractivity contribution in [2.45, 2.75) is 13.0 Å². The Bertz CT molecular complexity index is 322. The lowest BCUT2D eigenvalue weighted by molar-refractivity contribution is -0.131. The van der Waals surface area contributed by atoms with Crippen LogP contribution in [0.1, 0.15) is 18.5 Å². The van der Waals surface area contributed by atoms with Gasteiger partial charge in [0.2, 0.25) is 0 Å².